The van der Waals surface area contributed by atoms with Crippen molar-refractivity contribution < 1.29 is 9.22 Å². The second-order valence-electron chi connectivity index (χ2n) is 6.81. The summed E-state index contributed by atoms with van der Waals surface area (Å²) in [5, 5.41) is 0. The van der Waals surface area contributed by atoms with Gasteiger partial charge in [-0.05, 0) is 36.8 Å². The van der Waals surface area contributed by atoms with Crippen molar-refractivity contribution in [2.24, 2.45) is 10.8 Å². The van der Waals surface area contributed by atoms with Gasteiger partial charge in [-0.25, -0.2) is 0 Å². The number of carbonyl (C=O) groups excluding carboxylic acids is 1. The molecule has 0 fully saturated rings. The number of aldehydes is 1. The molecular weight excluding hydrogens is 216 g/mol. The lowest BCUT2D eigenvalue weighted by Crippen LogP contribution is -2.30. The molecule has 16 heavy (non-hydrogen) atoms. The van der Waals surface area contributed by atoms with Gasteiger partial charge in [0, 0.05) is 0 Å². The van der Waals surface area contributed by atoms with Crippen molar-refractivity contribution in [3.05, 3.63) is 0 Å². The average Bonchev–Trinajstić information content (AvgIpc) is 1.96. The van der Waals surface area contributed by atoms with Crippen molar-refractivity contribution in [1.29, 1.82) is 0 Å². The van der Waals surface area contributed by atoms with Crippen molar-refractivity contribution in [3.8, 4) is 0 Å². The summed E-state index contributed by atoms with van der Waals surface area (Å²) in [5.41, 5.74) is 0.449. The maximum atomic E-state index is 11.0. The molecule has 1 atom stereocenters. The maximum absolute atomic E-state index is 11.0. The van der Waals surface area contributed by atoms with Gasteiger partial charge in [0.25, 0.3) is 0 Å². The highest BCUT2D eigenvalue weighted by Crippen LogP contribution is 2.36. The van der Waals surface area contributed by atoms with Gasteiger partial charge in [-0.2, -0.15) is 0 Å². The summed E-state index contributed by atoms with van der Waals surface area (Å²) in [6, 6.07) is 0. The second kappa shape index (κ2) is 5.96. The summed E-state index contributed by atoms with van der Waals surface area (Å²) in [5.74, 6) is 0. The maximum Gasteiger partial charge on any atom is 0.205 e. The molecule has 0 aliphatic carbocycles. The Morgan fingerprint density at radius 2 is 1.69 bits per heavy atom. The number of hydrogen-bond donors (Lipinski definition) is 0. The van der Waals surface area contributed by atoms with Crippen LogP contribution in [0, 0.1) is 10.8 Å². The lowest BCUT2D eigenvalue weighted by Gasteiger charge is -2.34. The molecule has 1 unspecified atom stereocenters. The highest BCUT2D eigenvalue weighted by Gasteiger charge is 2.29. The molecule has 0 amide bonds. The Balaban J connectivity index is 4.36. The van der Waals surface area contributed by atoms with Crippen molar-refractivity contribution >= 4 is 15.3 Å². The summed E-state index contributed by atoms with van der Waals surface area (Å²) in [7, 11) is -0.791. The molecular formula is C13H27O2Si. The van der Waals surface area contributed by atoms with Crippen LogP contribution >= 0.6 is 0 Å². The van der Waals surface area contributed by atoms with E-state index in [1.807, 2.05) is 0 Å². The van der Waals surface area contributed by atoms with E-state index in [1.165, 1.54) is 0 Å². The van der Waals surface area contributed by atoms with Crippen LogP contribution in [-0.4, -0.2) is 21.4 Å². The van der Waals surface area contributed by atoms with Crippen LogP contribution in [0.2, 0.25) is 13.1 Å². The van der Waals surface area contributed by atoms with Crippen molar-refractivity contribution in [2.75, 3.05) is 0 Å². The molecule has 0 spiro atoms. The molecule has 0 heterocycles. The summed E-state index contributed by atoms with van der Waals surface area (Å²) in [6.45, 7) is 15.3. The van der Waals surface area contributed by atoms with Gasteiger partial charge in [-0.1, -0.05) is 34.6 Å². The lowest BCUT2D eigenvalue weighted by molar-refractivity contribution is -0.115. The van der Waals surface area contributed by atoms with Gasteiger partial charge in [0.1, 0.15) is 12.4 Å². The van der Waals surface area contributed by atoms with E-state index in [4.69, 9.17) is 4.43 Å². The summed E-state index contributed by atoms with van der Waals surface area (Å²) in [6.07, 6.45) is 2.66. The van der Waals surface area contributed by atoms with Crippen LogP contribution in [-0.2, 0) is 9.22 Å². The molecule has 3 heteroatoms. The zero-order valence-electron chi connectivity index (χ0n) is 11.9. The van der Waals surface area contributed by atoms with E-state index >= 15 is 0 Å². The van der Waals surface area contributed by atoms with Gasteiger partial charge in [0.2, 0.25) is 9.04 Å². The monoisotopic (exact) mass is 243 g/mol. The Morgan fingerprint density at radius 1 is 1.19 bits per heavy atom. The topological polar surface area (TPSA) is 26.3 Å². The third-order valence-corrected chi connectivity index (χ3v) is 3.08. The zero-order chi connectivity index (χ0) is 13.0. The Morgan fingerprint density at radius 3 is 2.00 bits per heavy atom. The summed E-state index contributed by atoms with van der Waals surface area (Å²) < 4.78 is 5.68. The molecule has 1 radical (unpaired) electrons. The highest BCUT2D eigenvalue weighted by molar-refractivity contribution is 6.48. The quantitative estimate of drug-likeness (QED) is 0.525. The van der Waals surface area contributed by atoms with E-state index in [-0.39, 0.29) is 11.5 Å². The van der Waals surface area contributed by atoms with Gasteiger partial charge in [-0.15, -0.1) is 0 Å². The molecule has 0 N–H and O–H groups in total. The van der Waals surface area contributed by atoms with Gasteiger partial charge < -0.3 is 9.22 Å². The SMILES string of the molecule is C[Si](C)OC(C=O)CC(C)(C)CC(C)(C)C. The molecule has 0 saturated heterocycles. The first-order chi connectivity index (χ1) is 7.06. The Labute approximate surface area is 102 Å². The Bertz CT molecular complexity index is 216. The van der Waals surface area contributed by atoms with Crippen LogP contribution in [0.4, 0.5) is 0 Å². The normalized spacial score (nSPS) is 15.2. The van der Waals surface area contributed by atoms with E-state index in [0.29, 0.717) is 5.41 Å². The fraction of sp³-hybridized carbons (Fsp3) is 0.923. The van der Waals surface area contributed by atoms with E-state index in [2.05, 4.69) is 47.7 Å². The molecule has 2 nitrogen and oxygen atoms in total. The summed E-state index contributed by atoms with van der Waals surface area (Å²) >= 11 is 0. The van der Waals surface area contributed by atoms with Crippen molar-refractivity contribution in [3.63, 3.8) is 0 Å². The van der Waals surface area contributed by atoms with Gasteiger partial charge in [0.05, 0.1) is 0 Å². The van der Waals surface area contributed by atoms with Crippen LogP contribution in [0.3, 0.4) is 0 Å². The van der Waals surface area contributed by atoms with Gasteiger partial charge in [0.15, 0.2) is 0 Å². The third kappa shape index (κ3) is 8.05. The minimum Gasteiger partial charge on any atom is -0.408 e. The van der Waals surface area contributed by atoms with Crippen LogP contribution in [0.5, 0.6) is 0 Å². The molecule has 0 aromatic carbocycles. The first-order valence-corrected chi connectivity index (χ1v) is 8.39. The van der Waals surface area contributed by atoms with Gasteiger partial charge >= 0.3 is 0 Å². The van der Waals surface area contributed by atoms with Crippen LogP contribution < -0.4 is 0 Å². The minimum atomic E-state index is -0.791. The first-order valence-electron chi connectivity index (χ1n) is 5.98. The predicted octanol–water partition coefficient (Wildman–Crippen LogP) is 3.67. The van der Waals surface area contributed by atoms with Crippen LogP contribution in [0.1, 0.15) is 47.5 Å². The lowest BCUT2D eigenvalue weighted by atomic mass is 9.73. The predicted molar refractivity (Wildman–Crippen MR) is 70.9 cm³/mol. The fourth-order valence-electron chi connectivity index (χ4n) is 2.47. The van der Waals surface area contributed by atoms with Crippen LogP contribution in [0.25, 0.3) is 0 Å². The third-order valence-electron chi connectivity index (χ3n) is 2.30. The molecule has 0 bridgehead atoms. The molecule has 0 aliphatic heterocycles. The van der Waals surface area contributed by atoms with Crippen molar-refractivity contribution in [1.82, 2.24) is 0 Å². The molecule has 0 aromatic rings. The standard InChI is InChI=1S/C13H27O2Si/c1-12(2,3)10-13(4,5)8-11(9-14)15-16(6)7/h9,11H,8,10H2,1-7H3. The number of carbonyl (C=O) groups is 1. The fourth-order valence-corrected chi connectivity index (χ4v) is 3.22. The molecule has 95 valence electrons. The Kier molecular flexibility index (Phi) is 5.91. The zero-order valence-corrected chi connectivity index (χ0v) is 12.9. The van der Waals surface area contributed by atoms with E-state index < -0.39 is 9.04 Å². The van der Waals surface area contributed by atoms with E-state index in [1.54, 1.807) is 0 Å². The second-order valence-corrected chi connectivity index (χ2v) is 8.86. The van der Waals surface area contributed by atoms with Crippen molar-refractivity contribution in [2.45, 2.75) is 66.7 Å². The number of hydrogen-bond acceptors (Lipinski definition) is 2. The molecule has 0 saturated carbocycles. The van der Waals surface area contributed by atoms with E-state index in [0.717, 1.165) is 19.1 Å². The van der Waals surface area contributed by atoms with Crippen LogP contribution in [0.15, 0.2) is 0 Å². The smallest absolute Gasteiger partial charge is 0.205 e. The molecule has 0 aromatic heterocycles. The Hall–Kier alpha value is -0.153. The summed E-state index contributed by atoms with van der Waals surface area (Å²) in [4.78, 5) is 11.0. The molecule has 0 aliphatic rings. The first kappa shape index (κ1) is 15.8. The number of rotatable bonds is 6. The minimum absolute atomic E-state index is 0.154. The molecule has 0 rings (SSSR count). The average molecular weight is 243 g/mol. The van der Waals surface area contributed by atoms with Gasteiger partial charge in [-0.3, -0.25) is 0 Å². The van der Waals surface area contributed by atoms with E-state index in [9.17, 15) is 4.79 Å². The highest BCUT2D eigenvalue weighted by atomic mass is 28.3. The largest absolute Gasteiger partial charge is 0.408 e.